The maximum Gasteiger partial charge on any atom is 0.307 e. The highest BCUT2D eigenvalue weighted by molar-refractivity contribution is 5.91. The molecule has 1 aliphatic carbocycles. The quantitative estimate of drug-likeness (QED) is 0.610. The summed E-state index contributed by atoms with van der Waals surface area (Å²) >= 11 is 0. The third-order valence-corrected chi connectivity index (χ3v) is 5.73. The first-order valence-electron chi connectivity index (χ1n) is 9.38. The third kappa shape index (κ3) is 3.64. The van der Waals surface area contributed by atoms with Gasteiger partial charge in [0.15, 0.2) is 17.5 Å². The zero-order valence-corrected chi connectivity index (χ0v) is 16.1. The molecule has 2 N–H and O–H groups in total. The van der Waals surface area contributed by atoms with E-state index in [0.29, 0.717) is 16.6 Å². The Hall–Kier alpha value is -3.10. The smallest absolute Gasteiger partial charge is 0.307 e. The molecule has 1 fully saturated rings. The summed E-state index contributed by atoms with van der Waals surface area (Å²) in [5, 5.41) is 3.59. The van der Waals surface area contributed by atoms with Crippen molar-refractivity contribution in [3.05, 3.63) is 36.3 Å². The first-order valence-corrected chi connectivity index (χ1v) is 9.38. The average Bonchev–Trinajstić information content (AvgIpc) is 3.10. The number of esters is 1. The number of carbonyl (C=O) groups excluding carboxylic acids is 1. The van der Waals surface area contributed by atoms with Gasteiger partial charge in [-0.1, -0.05) is 13.3 Å². The van der Waals surface area contributed by atoms with Gasteiger partial charge in [-0.2, -0.15) is 0 Å². The molecule has 1 atom stereocenters. The number of carbonyl (C=O) groups is 1. The number of ether oxygens (including phenoxy) is 1. The lowest BCUT2D eigenvalue weighted by atomic mass is 9.64. The molecule has 0 saturated heterocycles. The normalized spacial score (nSPS) is 16.3. The van der Waals surface area contributed by atoms with Crippen molar-refractivity contribution in [2.75, 3.05) is 12.4 Å². The van der Waals surface area contributed by atoms with Gasteiger partial charge in [0.1, 0.15) is 11.5 Å². The molecule has 0 aromatic carbocycles. The number of pyridine rings is 1. The maximum atomic E-state index is 14.5. The summed E-state index contributed by atoms with van der Waals surface area (Å²) in [5.74, 6) is -1.27. The Kier molecular flexibility index (Phi) is 4.89. The third-order valence-electron chi connectivity index (χ3n) is 5.73. The van der Waals surface area contributed by atoms with Crippen molar-refractivity contribution in [1.29, 1.82) is 0 Å². The van der Waals surface area contributed by atoms with Crippen LogP contribution in [-0.2, 0) is 9.53 Å². The van der Waals surface area contributed by atoms with Crippen molar-refractivity contribution in [2.24, 2.45) is 5.41 Å². The van der Waals surface area contributed by atoms with Crippen LogP contribution in [0.3, 0.4) is 0 Å². The molecule has 0 radical (unpaired) electrons. The Morgan fingerprint density at radius 2 is 2.14 bits per heavy atom. The summed E-state index contributed by atoms with van der Waals surface area (Å²) in [6, 6.07) is 0.992. The predicted octanol–water partition coefficient (Wildman–Crippen LogP) is 3.83. The first-order chi connectivity index (χ1) is 13.9. The largest absolute Gasteiger partial charge is 0.469 e. The van der Waals surface area contributed by atoms with Gasteiger partial charge in [0, 0.05) is 23.2 Å². The molecule has 0 aliphatic heterocycles. The maximum absolute atomic E-state index is 14.5. The molecule has 0 amide bonds. The second kappa shape index (κ2) is 7.38. The zero-order chi connectivity index (χ0) is 20.6. The van der Waals surface area contributed by atoms with Crippen LogP contribution in [0.15, 0.2) is 24.7 Å². The van der Waals surface area contributed by atoms with Crippen LogP contribution >= 0.6 is 0 Å². The van der Waals surface area contributed by atoms with Gasteiger partial charge in [-0.3, -0.25) is 4.79 Å². The molecular weight excluding hydrogens is 380 g/mol. The SMILES string of the molecule is COC(=O)CC(Nc1nc(-c2c[nH]c3ncc(F)cc23)ncc1F)C1(C)CCC1. The molecule has 0 bridgehead atoms. The molecular formula is C20H21F2N5O2. The molecule has 29 heavy (non-hydrogen) atoms. The van der Waals surface area contributed by atoms with E-state index in [1.807, 2.05) is 0 Å². The first kappa shape index (κ1) is 19.2. The Morgan fingerprint density at radius 1 is 1.34 bits per heavy atom. The van der Waals surface area contributed by atoms with Crippen molar-refractivity contribution < 1.29 is 18.3 Å². The summed E-state index contributed by atoms with van der Waals surface area (Å²) in [6.07, 6.45) is 6.79. The van der Waals surface area contributed by atoms with Crippen LogP contribution in [0.2, 0.25) is 0 Å². The van der Waals surface area contributed by atoms with E-state index in [9.17, 15) is 13.6 Å². The minimum atomic E-state index is -0.629. The van der Waals surface area contributed by atoms with Crippen LogP contribution in [-0.4, -0.2) is 39.1 Å². The molecule has 4 rings (SSSR count). The number of nitrogens with zero attached hydrogens (tertiary/aromatic N) is 3. The van der Waals surface area contributed by atoms with Crippen LogP contribution in [0.1, 0.15) is 32.6 Å². The van der Waals surface area contributed by atoms with E-state index in [1.165, 1.54) is 13.2 Å². The van der Waals surface area contributed by atoms with Crippen LogP contribution < -0.4 is 5.32 Å². The molecule has 9 heteroatoms. The van der Waals surface area contributed by atoms with Crippen molar-refractivity contribution in [1.82, 2.24) is 19.9 Å². The van der Waals surface area contributed by atoms with E-state index < -0.39 is 11.6 Å². The van der Waals surface area contributed by atoms with Gasteiger partial charge < -0.3 is 15.0 Å². The second-order valence-corrected chi connectivity index (χ2v) is 7.63. The van der Waals surface area contributed by atoms with Gasteiger partial charge >= 0.3 is 5.97 Å². The van der Waals surface area contributed by atoms with Gasteiger partial charge in [0.2, 0.25) is 0 Å². The number of anilines is 1. The van der Waals surface area contributed by atoms with Crippen molar-refractivity contribution >= 4 is 22.8 Å². The lowest BCUT2D eigenvalue weighted by Gasteiger charge is -2.45. The summed E-state index contributed by atoms with van der Waals surface area (Å²) < 4.78 is 32.9. The molecule has 1 unspecified atom stereocenters. The fourth-order valence-corrected chi connectivity index (χ4v) is 3.73. The standard InChI is InChI=1S/C20H21F2N5O2/c1-20(4-3-5-20)15(7-16(28)29-2)26-19-14(22)10-25-18(27-19)13-9-24-17-12(13)6-11(21)8-23-17/h6,8-10,15H,3-5,7H2,1-2H3,(H,23,24)(H,25,26,27). The predicted molar refractivity (Wildman–Crippen MR) is 103 cm³/mol. The van der Waals surface area contributed by atoms with Gasteiger partial charge in [-0.25, -0.2) is 23.7 Å². The average molecular weight is 401 g/mol. The lowest BCUT2D eigenvalue weighted by Crippen LogP contribution is -2.45. The summed E-state index contributed by atoms with van der Waals surface area (Å²) in [4.78, 5) is 27.2. The second-order valence-electron chi connectivity index (χ2n) is 7.63. The summed E-state index contributed by atoms with van der Waals surface area (Å²) in [6.45, 7) is 2.06. The monoisotopic (exact) mass is 401 g/mol. The fraction of sp³-hybridized carbons (Fsp3) is 0.400. The molecule has 152 valence electrons. The van der Waals surface area contributed by atoms with Crippen LogP contribution in [0.25, 0.3) is 22.4 Å². The van der Waals surface area contributed by atoms with Crippen LogP contribution in [0.5, 0.6) is 0 Å². The highest BCUT2D eigenvalue weighted by atomic mass is 19.1. The molecule has 1 aliphatic rings. The number of hydrogen-bond acceptors (Lipinski definition) is 6. The molecule has 1 saturated carbocycles. The van der Waals surface area contributed by atoms with Gasteiger partial charge in [0.25, 0.3) is 0 Å². The minimum absolute atomic E-state index is 0.00394. The Labute approximate surface area is 165 Å². The molecule has 3 aromatic heterocycles. The van der Waals surface area contributed by atoms with E-state index >= 15 is 0 Å². The molecule has 0 spiro atoms. The molecule has 7 nitrogen and oxygen atoms in total. The van der Waals surface area contributed by atoms with E-state index in [-0.39, 0.29) is 35.5 Å². The van der Waals surface area contributed by atoms with E-state index in [0.717, 1.165) is 31.7 Å². The van der Waals surface area contributed by atoms with E-state index in [1.54, 1.807) is 6.20 Å². The van der Waals surface area contributed by atoms with Crippen molar-refractivity contribution in [2.45, 2.75) is 38.6 Å². The number of aromatic amines is 1. The van der Waals surface area contributed by atoms with Crippen LogP contribution in [0.4, 0.5) is 14.6 Å². The number of H-pyrrole nitrogens is 1. The number of halogens is 2. The van der Waals surface area contributed by atoms with Gasteiger partial charge in [0.05, 0.1) is 25.9 Å². The highest BCUT2D eigenvalue weighted by Crippen LogP contribution is 2.45. The number of methoxy groups -OCH3 is 1. The summed E-state index contributed by atoms with van der Waals surface area (Å²) in [5.41, 5.74) is 0.836. The number of aromatic nitrogens is 4. The topological polar surface area (TPSA) is 92.8 Å². The molecule has 3 aromatic rings. The van der Waals surface area contributed by atoms with Crippen molar-refractivity contribution in [3.8, 4) is 11.4 Å². The highest BCUT2D eigenvalue weighted by Gasteiger charge is 2.41. The van der Waals surface area contributed by atoms with Gasteiger partial charge in [-0.05, 0) is 24.3 Å². The summed E-state index contributed by atoms with van der Waals surface area (Å²) in [7, 11) is 1.33. The van der Waals surface area contributed by atoms with Gasteiger partial charge in [-0.15, -0.1) is 0 Å². The number of hydrogen-bond donors (Lipinski definition) is 2. The Balaban J connectivity index is 1.68. The number of fused-ring (bicyclic) bond motifs is 1. The lowest BCUT2D eigenvalue weighted by molar-refractivity contribution is -0.141. The number of rotatable bonds is 6. The Bertz CT molecular complexity index is 1060. The molecule has 3 heterocycles. The minimum Gasteiger partial charge on any atom is -0.469 e. The van der Waals surface area contributed by atoms with E-state index in [2.05, 4.69) is 32.2 Å². The number of nitrogens with one attached hydrogen (secondary N) is 2. The van der Waals surface area contributed by atoms with Crippen LogP contribution in [0, 0.1) is 17.0 Å². The fourth-order valence-electron chi connectivity index (χ4n) is 3.73. The zero-order valence-electron chi connectivity index (χ0n) is 16.1. The van der Waals surface area contributed by atoms with E-state index in [4.69, 9.17) is 4.74 Å². The van der Waals surface area contributed by atoms with Crippen molar-refractivity contribution in [3.63, 3.8) is 0 Å². The Morgan fingerprint density at radius 3 is 2.83 bits per heavy atom.